The van der Waals surface area contributed by atoms with Crippen molar-refractivity contribution in [3.63, 3.8) is 0 Å². The van der Waals surface area contributed by atoms with Crippen molar-refractivity contribution in [2.24, 2.45) is 34.5 Å². The number of rotatable bonds is 3. The molecule has 0 saturated heterocycles. The highest BCUT2D eigenvalue weighted by molar-refractivity contribution is 5.92. The van der Waals surface area contributed by atoms with Gasteiger partial charge in [0.2, 0.25) is 5.91 Å². The van der Waals surface area contributed by atoms with Crippen LogP contribution in [-0.4, -0.2) is 29.8 Å². The van der Waals surface area contributed by atoms with E-state index in [4.69, 9.17) is 0 Å². The molecule has 1 aliphatic heterocycles. The number of hydrogen-bond acceptors (Lipinski definition) is 2. The first kappa shape index (κ1) is 22.5. The molecule has 2 amide bonds. The molecule has 1 aromatic carbocycles. The second-order valence-electron chi connectivity index (χ2n) is 11.2. The van der Waals surface area contributed by atoms with Gasteiger partial charge in [0.1, 0.15) is 5.82 Å². The summed E-state index contributed by atoms with van der Waals surface area (Å²) in [4.78, 5) is 27.1. The number of nitrogens with zero attached hydrogens (tertiary/aromatic N) is 1. The van der Waals surface area contributed by atoms with Gasteiger partial charge in [0.15, 0.2) is 5.83 Å². The van der Waals surface area contributed by atoms with Gasteiger partial charge in [-0.25, -0.2) is 8.78 Å². The standard InChI is InChI=1S/C27H34F2N2O2/c1-26-13-12-19-17(8-11-23-27(19,2)14-22(29)25(33)31(23)3)18(26)9-10-20(26)24(32)30-15-16-6-4-5-7-21(16)28/h4-7,14,17-20,23H,8-13,15H2,1-3H3,(H,30,32)/t17-,18-,19+,20?,23?,26-,27+/m0/s1. The molecule has 178 valence electrons. The number of benzene rings is 1. The molecule has 1 heterocycles. The molecule has 0 aromatic heterocycles. The molecule has 1 aromatic rings. The molecule has 0 bridgehead atoms. The first-order chi connectivity index (χ1) is 15.7. The Labute approximate surface area is 194 Å². The molecule has 3 saturated carbocycles. The molecule has 3 fully saturated rings. The molecule has 4 nitrogen and oxygen atoms in total. The summed E-state index contributed by atoms with van der Waals surface area (Å²) in [7, 11) is 1.73. The van der Waals surface area contributed by atoms with Crippen molar-refractivity contribution >= 4 is 11.8 Å². The number of carbonyl (C=O) groups is 2. The Morgan fingerprint density at radius 3 is 2.61 bits per heavy atom. The van der Waals surface area contributed by atoms with Crippen LogP contribution in [0.4, 0.5) is 8.78 Å². The molecule has 0 radical (unpaired) electrons. The lowest BCUT2D eigenvalue weighted by atomic mass is 9.47. The predicted octanol–water partition coefficient (Wildman–Crippen LogP) is 4.99. The smallest absolute Gasteiger partial charge is 0.282 e. The third-order valence-corrected chi connectivity index (χ3v) is 9.88. The van der Waals surface area contributed by atoms with Crippen molar-refractivity contribution in [1.82, 2.24) is 10.2 Å². The summed E-state index contributed by atoms with van der Waals surface area (Å²) in [6.45, 7) is 4.60. The average molecular weight is 457 g/mol. The van der Waals surface area contributed by atoms with Gasteiger partial charge in [-0.2, -0.15) is 0 Å². The summed E-state index contributed by atoms with van der Waals surface area (Å²) in [5.74, 6) is -0.311. The highest BCUT2D eigenvalue weighted by Gasteiger charge is 2.62. The van der Waals surface area contributed by atoms with Gasteiger partial charge >= 0.3 is 0 Å². The maximum absolute atomic E-state index is 14.6. The van der Waals surface area contributed by atoms with Crippen molar-refractivity contribution in [3.05, 3.63) is 47.5 Å². The third kappa shape index (κ3) is 3.35. The molecule has 1 N–H and O–H groups in total. The molecule has 0 spiro atoms. The zero-order valence-electron chi connectivity index (χ0n) is 19.7. The minimum Gasteiger partial charge on any atom is -0.352 e. The number of likely N-dealkylation sites (N-methyl/N-ethyl adjacent to an activating group) is 1. The van der Waals surface area contributed by atoms with Crippen LogP contribution in [0.2, 0.25) is 0 Å². The first-order valence-electron chi connectivity index (χ1n) is 12.3. The van der Waals surface area contributed by atoms with E-state index < -0.39 is 11.7 Å². The van der Waals surface area contributed by atoms with Gasteiger partial charge in [-0.1, -0.05) is 32.0 Å². The van der Waals surface area contributed by atoms with Crippen LogP contribution in [0.25, 0.3) is 0 Å². The zero-order valence-corrected chi connectivity index (χ0v) is 19.7. The summed E-state index contributed by atoms with van der Waals surface area (Å²) in [5.41, 5.74) is 0.0510. The number of fused-ring (bicyclic) bond motifs is 5. The minimum absolute atomic E-state index is 0.0236. The van der Waals surface area contributed by atoms with Gasteiger partial charge in [0, 0.05) is 36.5 Å². The van der Waals surface area contributed by atoms with E-state index in [0.717, 1.165) is 38.5 Å². The van der Waals surface area contributed by atoms with Crippen molar-refractivity contribution in [1.29, 1.82) is 0 Å². The number of carbonyl (C=O) groups excluding carboxylic acids is 2. The SMILES string of the molecule is CN1C(=O)C(F)=C[C@@]2(C)C1CC[C@@H]1[C@H]2CC[C@]2(C)C(C(=O)NCc3ccccc3F)CC[C@@H]12. The fourth-order valence-corrected chi connectivity index (χ4v) is 8.21. The van der Waals surface area contributed by atoms with E-state index in [1.54, 1.807) is 36.2 Å². The Bertz CT molecular complexity index is 1010. The van der Waals surface area contributed by atoms with Crippen LogP contribution in [0.15, 0.2) is 36.2 Å². The summed E-state index contributed by atoms with van der Waals surface area (Å²) < 4.78 is 28.5. The van der Waals surface area contributed by atoms with Crippen LogP contribution >= 0.6 is 0 Å². The monoisotopic (exact) mass is 456 g/mol. The molecule has 7 atom stereocenters. The van der Waals surface area contributed by atoms with Crippen molar-refractivity contribution < 1.29 is 18.4 Å². The van der Waals surface area contributed by atoms with E-state index in [-0.39, 0.29) is 41.1 Å². The van der Waals surface area contributed by atoms with E-state index in [2.05, 4.69) is 19.2 Å². The third-order valence-electron chi connectivity index (χ3n) is 9.88. The summed E-state index contributed by atoms with van der Waals surface area (Å²) in [6, 6.07) is 6.59. The lowest BCUT2D eigenvalue weighted by molar-refractivity contribution is -0.145. The van der Waals surface area contributed by atoms with Gasteiger partial charge in [0.05, 0.1) is 0 Å². The van der Waals surface area contributed by atoms with Crippen LogP contribution in [0.3, 0.4) is 0 Å². The number of amides is 2. The van der Waals surface area contributed by atoms with Gasteiger partial charge < -0.3 is 10.2 Å². The second-order valence-corrected chi connectivity index (χ2v) is 11.2. The fraction of sp³-hybridized carbons (Fsp3) is 0.630. The average Bonchev–Trinajstić information content (AvgIpc) is 3.14. The van der Waals surface area contributed by atoms with Crippen LogP contribution in [0, 0.1) is 40.3 Å². The first-order valence-corrected chi connectivity index (χ1v) is 12.3. The van der Waals surface area contributed by atoms with Crippen LogP contribution in [-0.2, 0) is 16.1 Å². The Balaban J connectivity index is 1.34. The Kier molecular flexibility index (Phi) is 5.41. The Morgan fingerprint density at radius 2 is 1.85 bits per heavy atom. The molecule has 2 unspecified atom stereocenters. The van der Waals surface area contributed by atoms with Crippen molar-refractivity contribution in [2.45, 2.75) is 65.0 Å². The lowest BCUT2D eigenvalue weighted by Gasteiger charge is -2.60. The number of halogens is 2. The molecular weight excluding hydrogens is 422 g/mol. The Morgan fingerprint density at radius 1 is 1.09 bits per heavy atom. The minimum atomic E-state index is -0.623. The van der Waals surface area contributed by atoms with E-state index in [1.165, 1.54) is 6.07 Å². The summed E-state index contributed by atoms with van der Waals surface area (Å²) in [6.07, 6.45) is 7.21. The quantitative estimate of drug-likeness (QED) is 0.696. The van der Waals surface area contributed by atoms with Gasteiger partial charge in [-0.15, -0.1) is 0 Å². The summed E-state index contributed by atoms with van der Waals surface area (Å²) in [5, 5.41) is 3.00. The second kappa shape index (κ2) is 7.92. The molecule has 6 heteroatoms. The largest absolute Gasteiger partial charge is 0.352 e. The lowest BCUT2D eigenvalue weighted by Crippen LogP contribution is -2.60. The molecular formula is C27H34F2N2O2. The van der Waals surface area contributed by atoms with Crippen molar-refractivity contribution in [2.75, 3.05) is 7.05 Å². The van der Waals surface area contributed by atoms with E-state index in [9.17, 15) is 18.4 Å². The van der Waals surface area contributed by atoms with E-state index in [0.29, 0.717) is 23.3 Å². The van der Waals surface area contributed by atoms with E-state index >= 15 is 0 Å². The number of nitrogens with one attached hydrogen (secondary N) is 1. The highest BCUT2D eigenvalue weighted by atomic mass is 19.1. The van der Waals surface area contributed by atoms with Crippen LogP contribution in [0.5, 0.6) is 0 Å². The number of hydrogen-bond donors (Lipinski definition) is 1. The topological polar surface area (TPSA) is 49.4 Å². The summed E-state index contributed by atoms with van der Waals surface area (Å²) >= 11 is 0. The van der Waals surface area contributed by atoms with E-state index in [1.807, 2.05) is 0 Å². The molecule has 3 aliphatic carbocycles. The Hall–Kier alpha value is -2.24. The zero-order chi connectivity index (χ0) is 23.5. The molecule has 4 aliphatic rings. The van der Waals surface area contributed by atoms with Crippen LogP contribution in [0.1, 0.15) is 57.9 Å². The maximum atomic E-state index is 14.6. The molecule has 5 rings (SSSR count). The fourth-order valence-electron chi connectivity index (χ4n) is 8.21. The van der Waals surface area contributed by atoms with Crippen LogP contribution < -0.4 is 5.32 Å². The highest BCUT2D eigenvalue weighted by Crippen LogP contribution is 2.65. The normalized spacial score (nSPS) is 39.9. The maximum Gasteiger partial charge on any atom is 0.282 e. The van der Waals surface area contributed by atoms with Gasteiger partial charge in [0.25, 0.3) is 5.91 Å². The van der Waals surface area contributed by atoms with Gasteiger partial charge in [-0.05, 0) is 73.8 Å². The molecule has 33 heavy (non-hydrogen) atoms. The van der Waals surface area contributed by atoms with Crippen molar-refractivity contribution in [3.8, 4) is 0 Å². The van der Waals surface area contributed by atoms with Gasteiger partial charge in [-0.3, -0.25) is 9.59 Å². The predicted molar refractivity (Wildman–Crippen MR) is 122 cm³/mol.